The predicted octanol–water partition coefficient (Wildman–Crippen LogP) is 3.01. The number of hydrogen-bond acceptors (Lipinski definition) is 7. The van der Waals surface area contributed by atoms with Gasteiger partial charge in [-0.2, -0.15) is 0 Å². The summed E-state index contributed by atoms with van der Waals surface area (Å²) in [5.74, 6) is 0.275. The van der Waals surface area contributed by atoms with Gasteiger partial charge in [-0.05, 0) is 44.6 Å². The molecule has 3 aliphatic rings. The van der Waals surface area contributed by atoms with Gasteiger partial charge in [-0.1, -0.05) is 36.4 Å². The minimum Gasteiger partial charge on any atom is -0.478 e. The van der Waals surface area contributed by atoms with Crippen molar-refractivity contribution in [2.24, 2.45) is 4.99 Å². The summed E-state index contributed by atoms with van der Waals surface area (Å²) in [5.41, 5.74) is 4.22. The third kappa shape index (κ3) is 3.77. The summed E-state index contributed by atoms with van der Waals surface area (Å²) in [6.45, 7) is 4.07. The Hall–Kier alpha value is -3.55. The molecule has 174 valence electrons. The molecule has 0 amide bonds. The fourth-order valence-electron chi connectivity index (χ4n) is 4.67. The molecule has 0 bridgehead atoms. The molecule has 0 aromatic heterocycles. The Morgan fingerprint density at radius 3 is 2.50 bits per heavy atom. The Kier molecular flexibility index (Phi) is 5.89. The van der Waals surface area contributed by atoms with E-state index < -0.39 is 6.10 Å². The van der Waals surface area contributed by atoms with Crippen LogP contribution in [0.1, 0.15) is 32.7 Å². The zero-order chi connectivity index (χ0) is 23.8. The summed E-state index contributed by atoms with van der Waals surface area (Å²) in [7, 11) is 1.95. The van der Waals surface area contributed by atoms with Crippen molar-refractivity contribution in [3.63, 3.8) is 0 Å². The number of nitrogens with zero attached hydrogens (tertiary/aromatic N) is 2. The highest BCUT2D eigenvalue weighted by Gasteiger charge is 2.43. The van der Waals surface area contributed by atoms with Crippen LogP contribution in [0.2, 0.25) is 0 Å². The maximum absolute atomic E-state index is 13.7. The molecule has 0 saturated carbocycles. The van der Waals surface area contributed by atoms with E-state index in [1.165, 1.54) is 0 Å². The third-order valence-electron chi connectivity index (χ3n) is 6.43. The highest BCUT2D eigenvalue weighted by Crippen LogP contribution is 2.42. The molecular formula is C27H27N3O4. The van der Waals surface area contributed by atoms with Crippen molar-refractivity contribution >= 4 is 23.0 Å². The molecule has 2 aromatic carbocycles. The second-order valence-electron chi connectivity index (χ2n) is 8.80. The van der Waals surface area contributed by atoms with Crippen LogP contribution in [0.5, 0.6) is 5.75 Å². The van der Waals surface area contributed by atoms with E-state index in [0.29, 0.717) is 58.2 Å². The van der Waals surface area contributed by atoms with Gasteiger partial charge in [0, 0.05) is 29.9 Å². The minimum atomic E-state index is -0.561. The molecule has 0 spiro atoms. The second kappa shape index (κ2) is 9.00. The van der Waals surface area contributed by atoms with Crippen LogP contribution in [0.4, 0.5) is 5.69 Å². The van der Waals surface area contributed by atoms with E-state index in [1.54, 1.807) is 24.3 Å². The monoisotopic (exact) mass is 457 g/mol. The largest absolute Gasteiger partial charge is 0.478 e. The number of ketones is 2. The predicted molar refractivity (Wildman–Crippen MR) is 130 cm³/mol. The van der Waals surface area contributed by atoms with Gasteiger partial charge in [-0.3, -0.25) is 9.59 Å². The van der Waals surface area contributed by atoms with Gasteiger partial charge in [0.1, 0.15) is 11.4 Å². The number of benzene rings is 2. The van der Waals surface area contributed by atoms with Gasteiger partial charge < -0.3 is 20.1 Å². The Labute approximate surface area is 198 Å². The SMILES string of the molecule is Cc1cccc2c1N=C1C3=C(C(=O)c4ccccc4C3=O)C(NCCCN(C)CCO)=CC1O2. The molecule has 5 rings (SSSR count). The number of nitrogens with one attached hydrogen (secondary N) is 1. The zero-order valence-corrected chi connectivity index (χ0v) is 19.3. The zero-order valence-electron chi connectivity index (χ0n) is 19.3. The fourth-order valence-corrected chi connectivity index (χ4v) is 4.67. The molecular weight excluding hydrogens is 430 g/mol. The number of hydrogen-bond donors (Lipinski definition) is 2. The topological polar surface area (TPSA) is 91.2 Å². The number of ether oxygens (including phenoxy) is 1. The smallest absolute Gasteiger partial charge is 0.196 e. The van der Waals surface area contributed by atoms with Crippen molar-refractivity contribution in [1.29, 1.82) is 0 Å². The molecule has 1 unspecified atom stereocenters. The first-order valence-corrected chi connectivity index (χ1v) is 11.5. The lowest BCUT2D eigenvalue weighted by Crippen LogP contribution is -2.42. The second-order valence-corrected chi connectivity index (χ2v) is 8.80. The van der Waals surface area contributed by atoms with Crippen LogP contribution in [0, 0.1) is 6.92 Å². The Balaban J connectivity index is 1.54. The number of allylic oxidation sites excluding steroid dienone is 1. The number of carbonyl (C=O) groups excluding carboxylic acids is 2. The Morgan fingerprint density at radius 1 is 1.03 bits per heavy atom. The molecule has 7 heteroatoms. The van der Waals surface area contributed by atoms with E-state index in [4.69, 9.17) is 14.8 Å². The van der Waals surface area contributed by atoms with Crippen LogP contribution in [0.15, 0.2) is 70.4 Å². The first kappa shape index (κ1) is 22.3. The number of aliphatic imine (C=N–C) groups is 1. The highest BCUT2D eigenvalue weighted by molar-refractivity contribution is 6.40. The lowest BCUT2D eigenvalue weighted by atomic mass is 9.76. The Morgan fingerprint density at radius 2 is 1.76 bits per heavy atom. The van der Waals surface area contributed by atoms with E-state index in [0.717, 1.165) is 18.5 Å². The molecule has 1 aliphatic heterocycles. The molecule has 2 aliphatic carbocycles. The molecule has 34 heavy (non-hydrogen) atoms. The van der Waals surface area contributed by atoms with E-state index in [-0.39, 0.29) is 18.2 Å². The quantitative estimate of drug-likeness (QED) is 0.621. The number of likely N-dealkylation sites (N-methyl/N-ethyl adjacent to an activating group) is 1. The lowest BCUT2D eigenvalue weighted by molar-refractivity contribution is 0.0978. The molecule has 0 fully saturated rings. The van der Waals surface area contributed by atoms with E-state index in [9.17, 15) is 9.59 Å². The molecule has 1 atom stereocenters. The summed E-state index contributed by atoms with van der Waals surface area (Å²) >= 11 is 0. The number of aryl methyl sites for hydroxylation is 1. The number of carbonyl (C=O) groups is 2. The summed E-state index contributed by atoms with van der Waals surface area (Å²) in [4.78, 5) is 34.1. The molecule has 7 nitrogen and oxygen atoms in total. The highest BCUT2D eigenvalue weighted by atomic mass is 16.5. The first-order valence-electron chi connectivity index (χ1n) is 11.5. The summed E-state index contributed by atoms with van der Waals surface area (Å²) < 4.78 is 6.26. The maximum atomic E-state index is 13.7. The summed E-state index contributed by atoms with van der Waals surface area (Å²) in [5, 5.41) is 12.5. The third-order valence-corrected chi connectivity index (χ3v) is 6.43. The number of fused-ring (bicyclic) bond motifs is 4. The number of para-hydroxylation sites is 1. The van der Waals surface area contributed by atoms with Crippen LogP contribution < -0.4 is 10.1 Å². The number of aliphatic hydroxyl groups excluding tert-OH is 1. The van der Waals surface area contributed by atoms with Gasteiger partial charge in [0.15, 0.2) is 17.7 Å². The summed E-state index contributed by atoms with van der Waals surface area (Å²) in [6, 6.07) is 12.7. The molecule has 0 saturated heterocycles. The first-order chi connectivity index (χ1) is 16.5. The Bertz CT molecular complexity index is 1270. The molecule has 2 N–H and O–H groups in total. The number of Topliss-reactive ketones (excluding diaryl/α,β-unsaturated/α-hetero) is 2. The van der Waals surface area contributed by atoms with Crippen LogP contribution >= 0.6 is 0 Å². The maximum Gasteiger partial charge on any atom is 0.196 e. The van der Waals surface area contributed by atoms with Crippen LogP contribution in [-0.4, -0.2) is 66.7 Å². The van der Waals surface area contributed by atoms with Crippen LogP contribution in [0.3, 0.4) is 0 Å². The number of rotatable bonds is 7. The van der Waals surface area contributed by atoms with E-state index in [1.807, 2.05) is 43.1 Å². The van der Waals surface area contributed by atoms with Crippen LogP contribution in [0.25, 0.3) is 0 Å². The van der Waals surface area contributed by atoms with Gasteiger partial charge in [0.05, 0.1) is 23.5 Å². The van der Waals surface area contributed by atoms with Gasteiger partial charge in [0.2, 0.25) is 0 Å². The average molecular weight is 458 g/mol. The van der Waals surface area contributed by atoms with Crippen molar-refractivity contribution in [1.82, 2.24) is 10.2 Å². The standard InChI is InChI=1S/C27H27N3O4/c1-16-7-5-10-20-24(16)29-25-21(34-20)15-19(28-11-6-12-30(2)13-14-31)22-23(25)27(33)18-9-4-3-8-17(18)26(22)32/h3-5,7-10,15,21,28,31H,6,11-14H2,1-2H3. The minimum absolute atomic E-state index is 0.115. The van der Waals surface area contributed by atoms with E-state index in [2.05, 4.69) is 5.32 Å². The molecule has 1 heterocycles. The van der Waals surface area contributed by atoms with Gasteiger partial charge in [-0.25, -0.2) is 4.99 Å². The molecule has 0 radical (unpaired) electrons. The van der Waals surface area contributed by atoms with Crippen molar-refractivity contribution < 1.29 is 19.4 Å². The fraction of sp³-hybridized carbons (Fsp3) is 0.296. The number of aliphatic hydroxyl groups is 1. The van der Waals surface area contributed by atoms with Crippen molar-refractivity contribution in [3.8, 4) is 5.75 Å². The van der Waals surface area contributed by atoms with Crippen molar-refractivity contribution in [2.45, 2.75) is 19.4 Å². The van der Waals surface area contributed by atoms with Gasteiger partial charge >= 0.3 is 0 Å². The lowest BCUT2D eigenvalue weighted by Gasteiger charge is -2.34. The van der Waals surface area contributed by atoms with Crippen LogP contribution in [-0.2, 0) is 0 Å². The van der Waals surface area contributed by atoms with Gasteiger partial charge in [-0.15, -0.1) is 0 Å². The van der Waals surface area contributed by atoms with E-state index >= 15 is 0 Å². The normalized spacial score (nSPS) is 18.4. The van der Waals surface area contributed by atoms with Crippen molar-refractivity contribution in [2.75, 3.05) is 33.3 Å². The average Bonchev–Trinajstić information content (AvgIpc) is 2.84. The summed E-state index contributed by atoms with van der Waals surface area (Å²) in [6.07, 6.45) is 2.11. The molecule has 2 aromatic rings. The van der Waals surface area contributed by atoms with Gasteiger partial charge in [0.25, 0.3) is 0 Å². The van der Waals surface area contributed by atoms with Crippen molar-refractivity contribution in [3.05, 3.63) is 82.1 Å².